The maximum atomic E-state index is 8.73. The van der Waals surface area contributed by atoms with Crippen LogP contribution in [0.1, 0.15) is 16.7 Å². The van der Waals surface area contributed by atoms with Crippen molar-refractivity contribution in [2.24, 2.45) is 5.73 Å². The number of rotatable bonds is 4. The van der Waals surface area contributed by atoms with E-state index in [2.05, 4.69) is 18.2 Å². The van der Waals surface area contributed by atoms with E-state index in [1.807, 2.05) is 36.4 Å². The summed E-state index contributed by atoms with van der Waals surface area (Å²) in [4.78, 5) is 1.22. The molecule has 90 valence electrons. The minimum Gasteiger partial charge on any atom is -0.326 e. The molecule has 0 aliphatic heterocycles. The Morgan fingerprint density at radius 3 is 2.50 bits per heavy atom. The highest BCUT2D eigenvalue weighted by Crippen LogP contribution is 2.23. The molecule has 2 aromatic carbocycles. The van der Waals surface area contributed by atoms with Crippen LogP contribution in [0.2, 0.25) is 0 Å². The summed E-state index contributed by atoms with van der Waals surface area (Å²) in [6.45, 7) is 0.575. The van der Waals surface area contributed by atoms with Gasteiger partial charge in [0.15, 0.2) is 0 Å². The first-order valence-electron chi connectivity index (χ1n) is 5.72. The maximum Gasteiger partial charge on any atom is 0.0991 e. The summed E-state index contributed by atoms with van der Waals surface area (Å²) in [5.74, 6) is 0.903. The SMILES string of the molecule is N#Cc1ccc(CSc2cccc(CN)c2)cc1. The Balaban J connectivity index is 2.00. The standard InChI is InChI=1S/C15H14N2S/c16-9-12-4-6-13(7-5-12)11-18-15-3-1-2-14(8-15)10-17/h1-8H,10-11,17H2. The first kappa shape index (κ1) is 12.7. The summed E-state index contributed by atoms with van der Waals surface area (Å²) in [5, 5.41) is 8.73. The fourth-order valence-corrected chi connectivity index (χ4v) is 2.54. The van der Waals surface area contributed by atoms with Gasteiger partial charge in [-0.1, -0.05) is 24.3 Å². The second-order valence-corrected chi connectivity index (χ2v) is 5.00. The molecule has 0 saturated carbocycles. The first-order valence-corrected chi connectivity index (χ1v) is 6.71. The van der Waals surface area contributed by atoms with Gasteiger partial charge in [-0.05, 0) is 35.4 Å². The van der Waals surface area contributed by atoms with Crippen LogP contribution in [-0.2, 0) is 12.3 Å². The summed E-state index contributed by atoms with van der Waals surface area (Å²) in [7, 11) is 0. The van der Waals surface area contributed by atoms with Crippen LogP contribution in [0.4, 0.5) is 0 Å². The predicted octanol–water partition coefficient (Wildman–Crippen LogP) is 3.31. The second-order valence-electron chi connectivity index (χ2n) is 3.95. The van der Waals surface area contributed by atoms with Crippen molar-refractivity contribution in [3.05, 3.63) is 65.2 Å². The van der Waals surface area contributed by atoms with Crippen LogP contribution in [0.5, 0.6) is 0 Å². The molecule has 0 saturated heterocycles. The van der Waals surface area contributed by atoms with E-state index in [1.165, 1.54) is 10.5 Å². The van der Waals surface area contributed by atoms with Crippen molar-refractivity contribution in [3.8, 4) is 6.07 Å². The molecule has 0 aliphatic rings. The number of nitrogens with two attached hydrogens (primary N) is 1. The van der Waals surface area contributed by atoms with Crippen molar-refractivity contribution in [2.45, 2.75) is 17.2 Å². The van der Waals surface area contributed by atoms with E-state index in [9.17, 15) is 0 Å². The molecule has 0 aliphatic carbocycles. The molecule has 0 atom stereocenters. The zero-order chi connectivity index (χ0) is 12.8. The number of benzene rings is 2. The number of nitriles is 1. The van der Waals surface area contributed by atoms with Gasteiger partial charge >= 0.3 is 0 Å². The minimum absolute atomic E-state index is 0.575. The Bertz CT molecular complexity index is 555. The van der Waals surface area contributed by atoms with E-state index in [4.69, 9.17) is 11.0 Å². The monoisotopic (exact) mass is 254 g/mol. The Kier molecular flexibility index (Phi) is 4.40. The maximum absolute atomic E-state index is 8.73. The van der Waals surface area contributed by atoms with Crippen LogP contribution in [0.25, 0.3) is 0 Å². The van der Waals surface area contributed by atoms with Gasteiger partial charge in [-0.15, -0.1) is 11.8 Å². The molecule has 0 spiro atoms. The summed E-state index contributed by atoms with van der Waals surface area (Å²) in [6, 6.07) is 18.1. The lowest BCUT2D eigenvalue weighted by Crippen LogP contribution is -1.95. The highest BCUT2D eigenvalue weighted by Gasteiger charge is 1.98. The van der Waals surface area contributed by atoms with E-state index in [0.717, 1.165) is 11.3 Å². The van der Waals surface area contributed by atoms with Crippen molar-refractivity contribution < 1.29 is 0 Å². The van der Waals surface area contributed by atoms with Gasteiger partial charge < -0.3 is 5.73 Å². The average molecular weight is 254 g/mol. The molecule has 0 aromatic heterocycles. The number of nitrogens with zero attached hydrogens (tertiary/aromatic N) is 1. The molecule has 3 heteroatoms. The summed E-state index contributed by atoms with van der Waals surface area (Å²) < 4.78 is 0. The van der Waals surface area contributed by atoms with Crippen LogP contribution in [0.3, 0.4) is 0 Å². The van der Waals surface area contributed by atoms with Gasteiger partial charge in [-0.3, -0.25) is 0 Å². The molecular weight excluding hydrogens is 240 g/mol. The second kappa shape index (κ2) is 6.25. The number of hydrogen-bond acceptors (Lipinski definition) is 3. The highest BCUT2D eigenvalue weighted by atomic mass is 32.2. The molecule has 2 nitrogen and oxygen atoms in total. The first-order chi connectivity index (χ1) is 8.81. The van der Waals surface area contributed by atoms with Gasteiger partial charge in [0, 0.05) is 17.2 Å². The topological polar surface area (TPSA) is 49.8 Å². The average Bonchev–Trinajstić information content (AvgIpc) is 2.46. The molecule has 18 heavy (non-hydrogen) atoms. The largest absolute Gasteiger partial charge is 0.326 e. The molecule has 0 unspecified atom stereocenters. The molecule has 0 amide bonds. The van der Waals surface area contributed by atoms with Crippen LogP contribution in [0, 0.1) is 11.3 Å². The summed E-state index contributed by atoms with van der Waals surface area (Å²) in [6.07, 6.45) is 0. The van der Waals surface area contributed by atoms with Crippen molar-refractivity contribution in [2.75, 3.05) is 0 Å². The van der Waals surface area contributed by atoms with Crippen molar-refractivity contribution in [3.63, 3.8) is 0 Å². The lowest BCUT2D eigenvalue weighted by molar-refractivity contribution is 1.06. The van der Waals surface area contributed by atoms with Crippen molar-refractivity contribution in [1.29, 1.82) is 5.26 Å². The van der Waals surface area contributed by atoms with E-state index in [1.54, 1.807) is 11.8 Å². The Hall–Kier alpha value is -1.76. The normalized spacial score (nSPS) is 10.0. The zero-order valence-corrected chi connectivity index (χ0v) is 10.8. The van der Waals surface area contributed by atoms with Gasteiger partial charge in [0.05, 0.1) is 11.6 Å². The lowest BCUT2D eigenvalue weighted by atomic mass is 10.2. The number of hydrogen-bond donors (Lipinski definition) is 1. The van der Waals surface area contributed by atoms with E-state index in [0.29, 0.717) is 12.1 Å². The van der Waals surface area contributed by atoms with E-state index in [-0.39, 0.29) is 0 Å². The van der Waals surface area contributed by atoms with Crippen LogP contribution in [-0.4, -0.2) is 0 Å². The van der Waals surface area contributed by atoms with Crippen LogP contribution >= 0.6 is 11.8 Å². The Morgan fingerprint density at radius 1 is 1.06 bits per heavy atom. The Labute approximate surface area is 111 Å². The fraction of sp³-hybridized carbons (Fsp3) is 0.133. The molecule has 0 bridgehead atoms. The molecule has 0 radical (unpaired) electrons. The third-order valence-electron chi connectivity index (χ3n) is 2.62. The number of thioether (sulfide) groups is 1. The lowest BCUT2D eigenvalue weighted by Gasteiger charge is -2.04. The minimum atomic E-state index is 0.575. The van der Waals surface area contributed by atoms with E-state index < -0.39 is 0 Å². The van der Waals surface area contributed by atoms with Crippen molar-refractivity contribution in [1.82, 2.24) is 0 Å². The predicted molar refractivity (Wildman–Crippen MR) is 75.1 cm³/mol. The van der Waals surface area contributed by atoms with Crippen molar-refractivity contribution >= 4 is 11.8 Å². The van der Waals surface area contributed by atoms with Gasteiger partial charge in [0.1, 0.15) is 0 Å². The van der Waals surface area contributed by atoms with Gasteiger partial charge in [-0.25, -0.2) is 0 Å². The zero-order valence-electron chi connectivity index (χ0n) is 9.97. The van der Waals surface area contributed by atoms with Crippen LogP contribution in [0.15, 0.2) is 53.4 Å². The highest BCUT2D eigenvalue weighted by molar-refractivity contribution is 7.98. The Morgan fingerprint density at radius 2 is 1.83 bits per heavy atom. The smallest absolute Gasteiger partial charge is 0.0991 e. The quantitative estimate of drug-likeness (QED) is 0.852. The van der Waals surface area contributed by atoms with Gasteiger partial charge in [0.2, 0.25) is 0 Å². The third kappa shape index (κ3) is 3.36. The summed E-state index contributed by atoms with van der Waals surface area (Å²) in [5.41, 5.74) is 8.69. The van der Waals surface area contributed by atoms with E-state index >= 15 is 0 Å². The third-order valence-corrected chi connectivity index (χ3v) is 3.69. The molecule has 2 N–H and O–H groups in total. The molecule has 2 aromatic rings. The molecule has 2 rings (SSSR count). The van der Waals surface area contributed by atoms with Crippen LogP contribution < -0.4 is 5.73 Å². The fourth-order valence-electron chi connectivity index (χ4n) is 1.60. The molecule has 0 fully saturated rings. The van der Waals surface area contributed by atoms with Gasteiger partial charge in [-0.2, -0.15) is 5.26 Å². The molecular formula is C15H14N2S. The van der Waals surface area contributed by atoms with Gasteiger partial charge in [0.25, 0.3) is 0 Å². The summed E-state index contributed by atoms with van der Waals surface area (Å²) >= 11 is 1.78. The molecule has 0 heterocycles.